The van der Waals surface area contributed by atoms with Crippen LogP contribution in [0.5, 0.6) is 0 Å². The molecule has 1 aliphatic rings. The van der Waals surface area contributed by atoms with Gasteiger partial charge in [0.15, 0.2) is 5.16 Å². The molecule has 2 rings (SSSR count). The molecule has 1 heterocycles. The highest BCUT2D eigenvalue weighted by molar-refractivity contribution is 7.99. The summed E-state index contributed by atoms with van der Waals surface area (Å²) in [5.41, 5.74) is -0.133. The van der Waals surface area contributed by atoms with Crippen LogP contribution < -0.4 is 11.0 Å². The van der Waals surface area contributed by atoms with Gasteiger partial charge in [-0.3, -0.25) is 4.57 Å². The number of hydrogen-bond acceptors (Lipinski definition) is 4. The SMILES string of the molecule is CCCNC1CCCCC1Sc1n[nH]c(=O)n1C. The fraction of sp³-hybridized carbons (Fsp3) is 0.833. The Bertz CT molecular complexity index is 428. The van der Waals surface area contributed by atoms with Crippen molar-refractivity contribution in [3.05, 3.63) is 10.5 Å². The summed E-state index contributed by atoms with van der Waals surface area (Å²) in [5, 5.41) is 11.5. The van der Waals surface area contributed by atoms with Crippen molar-refractivity contribution in [2.24, 2.45) is 7.05 Å². The molecule has 1 saturated carbocycles. The van der Waals surface area contributed by atoms with Gasteiger partial charge < -0.3 is 5.32 Å². The van der Waals surface area contributed by atoms with Crippen LogP contribution in [0.3, 0.4) is 0 Å². The zero-order chi connectivity index (χ0) is 13.0. The van der Waals surface area contributed by atoms with Crippen molar-refractivity contribution >= 4 is 11.8 Å². The highest BCUT2D eigenvalue weighted by atomic mass is 32.2. The first-order chi connectivity index (χ1) is 8.72. The molecule has 2 N–H and O–H groups in total. The Morgan fingerprint density at radius 1 is 1.50 bits per heavy atom. The van der Waals surface area contributed by atoms with Crippen LogP contribution in [0.25, 0.3) is 0 Å². The fourth-order valence-electron chi connectivity index (χ4n) is 2.37. The van der Waals surface area contributed by atoms with Crippen molar-refractivity contribution in [3.63, 3.8) is 0 Å². The van der Waals surface area contributed by atoms with Crippen LogP contribution in [-0.4, -0.2) is 32.6 Å². The number of nitrogens with zero attached hydrogens (tertiary/aromatic N) is 2. The summed E-state index contributed by atoms with van der Waals surface area (Å²) in [6, 6.07) is 0.551. The summed E-state index contributed by atoms with van der Waals surface area (Å²) in [6.07, 6.45) is 6.18. The fourth-order valence-corrected chi connectivity index (χ4v) is 3.67. The van der Waals surface area contributed by atoms with Crippen molar-refractivity contribution in [2.75, 3.05) is 6.54 Å². The lowest BCUT2D eigenvalue weighted by atomic mass is 9.95. The van der Waals surface area contributed by atoms with E-state index < -0.39 is 0 Å². The smallest absolute Gasteiger partial charge is 0.313 e. The minimum Gasteiger partial charge on any atom is -0.313 e. The Labute approximate surface area is 112 Å². The Balaban J connectivity index is 2.00. The first-order valence-corrected chi connectivity index (χ1v) is 7.61. The van der Waals surface area contributed by atoms with Gasteiger partial charge in [0.25, 0.3) is 0 Å². The van der Waals surface area contributed by atoms with E-state index in [1.165, 1.54) is 25.7 Å². The van der Waals surface area contributed by atoms with Crippen molar-refractivity contribution in [2.45, 2.75) is 55.5 Å². The molecule has 0 bridgehead atoms. The molecule has 1 aliphatic carbocycles. The van der Waals surface area contributed by atoms with Crippen molar-refractivity contribution in [1.82, 2.24) is 20.1 Å². The molecule has 1 aromatic heterocycles. The van der Waals surface area contributed by atoms with Gasteiger partial charge >= 0.3 is 5.69 Å². The first kappa shape index (κ1) is 13.7. The molecule has 102 valence electrons. The maximum Gasteiger partial charge on any atom is 0.343 e. The lowest BCUT2D eigenvalue weighted by Gasteiger charge is -2.31. The maximum atomic E-state index is 11.4. The van der Waals surface area contributed by atoms with E-state index in [9.17, 15) is 4.79 Å². The average molecular weight is 270 g/mol. The molecule has 0 spiro atoms. The zero-order valence-electron chi connectivity index (χ0n) is 11.1. The molecular formula is C12H22N4OS. The third kappa shape index (κ3) is 3.17. The molecule has 0 radical (unpaired) electrons. The summed E-state index contributed by atoms with van der Waals surface area (Å²) in [6.45, 7) is 3.26. The quantitative estimate of drug-likeness (QED) is 0.851. The monoisotopic (exact) mass is 270 g/mol. The molecule has 0 amide bonds. The number of H-pyrrole nitrogens is 1. The largest absolute Gasteiger partial charge is 0.343 e. The van der Waals surface area contributed by atoms with E-state index in [2.05, 4.69) is 22.4 Å². The summed E-state index contributed by atoms with van der Waals surface area (Å²) >= 11 is 1.73. The summed E-state index contributed by atoms with van der Waals surface area (Å²) < 4.78 is 1.59. The van der Waals surface area contributed by atoms with Crippen LogP contribution in [0.1, 0.15) is 39.0 Å². The summed E-state index contributed by atoms with van der Waals surface area (Å²) in [4.78, 5) is 11.4. The van der Waals surface area contributed by atoms with E-state index in [-0.39, 0.29) is 5.69 Å². The Morgan fingerprint density at radius 2 is 2.28 bits per heavy atom. The van der Waals surface area contributed by atoms with E-state index in [1.807, 2.05) is 0 Å². The molecule has 5 nitrogen and oxygen atoms in total. The number of hydrogen-bond donors (Lipinski definition) is 2. The van der Waals surface area contributed by atoms with Gasteiger partial charge in [0, 0.05) is 18.3 Å². The number of thioether (sulfide) groups is 1. The standard InChI is InChI=1S/C12H22N4OS/c1-3-8-13-9-6-4-5-7-10(9)18-12-15-14-11(17)16(12)2/h9-10,13H,3-8H2,1-2H3,(H,14,17). The van der Waals surface area contributed by atoms with Gasteiger partial charge in [-0.25, -0.2) is 9.89 Å². The van der Waals surface area contributed by atoms with Gasteiger partial charge in [0.1, 0.15) is 0 Å². The lowest BCUT2D eigenvalue weighted by Crippen LogP contribution is -2.41. The van der Waals surface area contributed by atoms with E-state index in [0.717, 1.165) is 18.1 Å². The molecule has 1 fully saturated rings. The van der Waals surface area contributed by atoms with E-state index in [0.29, 0.717) is 11.3 Å². The van der Waals surface area contributed by atoms with Crippen LogP contribution in [0.15, 0.2) is 9.95 Å². The van der Waals surface area contributed by atoms with Crippen LogP contribution >= 0.6 is 11.8 Å². The topological polar surface area (TPSA) is 62.7 Å². The van der Waals surface area contributed by atoms with Crippen molar-refractivity contribution in [1.29, 1.82) is 0 Å². The third-order valence-corrected chi connectivity index (χ3v) is 4.90. The van der Waals surface area contributed by atoms with Crippen LogP contribution in [0, 0.1) is 0 Å². The minimum atomic E-state index is -0.133. The van der Waals surface area contributed by atoms with Gasteiger partial charge in [0.2, 0.25) is 0 Å². The van der Waals surface area contributed by atoms with E-state index in [4.69, 9.17) is 0 Å². The minimum absolute atomic E-state index is 0.133. The Kier molecular flexibility index (Phi) is 4.88. The Hall–Kier alpha value is -0.750. The van der Waals surface area contributed by atoms with E-state index >= 15 is 0 Å². The number of aromatic amines is 1. The molecule has 18 heavy (non-hydrogen) atoms. The normalized spacial score (nSPS) is 24.3. The molecule has 0 aliphatic heterocycles. The zero-order valence-corrected chi connectivity index (χ0v) is 11.9. The second-order valence-corrected chi connectivity index (χ2v) is 6.08. The van der Waals surface area contributed by atoms with Gasteiger partial charge in [-0.05, 0) is 25.8 Å². The van der Waals surface area contributed by atoms with Gasteiger partial charge in [-0.1, -0.05) is 31.5 Å². The second-order valence-electron chi connectivity index (χ2n) is 4.87. The van der Waals surface area contributed by atoms with E-state index in [1.54, 1.807) is 23.4 Å². The molecule has 6 heteroatoms. The molecule has 2 unspecified atom stereocenters. The van der Waals surface area contributed by atoms with Crippen molar-refractivity contribution < 1.29 is 0 Å². The van der Waals surface area contributed by atoms with Crippen LogP contribution in [-0.2, 0) is 7.05 Å². The van der Waals surface area contributed by atoms with Gasteiger partial charge in [-0.15, -0.1) is 5.10 Å². The highest BCUT2D eigenvalue weighted by Gasteiger charge is 2.26. The first-order valence-electron chi connectivity index (χ1n) is 6.73. The molecule has 0 aromatic carbocycles. The predicted octanol–water partition coefficient (Wildman–Crippen LogP) is 1.51. The number of rotatable bonds is 5. The second kappa shape index (κ2) is 6.43. The van der Waals surface area contributed by atoms with Crippen LogP contribution in [0.2, 0.25) is 0 Å². The van der Waals surface area contributed by atoms with Gasteiger partial charge in [-0.2, -0.15) is 0 Å². The number of nitrogens with one attached hydrogen (secondary N) is 2. The van der Waals surface area contributed by atoms with Gasteiger partial charge in [0.05, 0.1) is 0 Å². The van der Waals surface area contributed by atoms with Crippen LogP contribution in [0.4, 0.5) is 0 Å². The predicted molar refractivity (Wildman–Crippen MR) is 74.0 cm³/mol. The molecular weight excluding hydrogens is 248 g/mol. The Morgan fingerprint density at radius 3 is 2.94 bits per heavy atom. The summed E-state index contributed by atoms with van der Waals surface area (Å²) in [7, 11) is 1.77. The average Bonchev–Trinajstić information content (AvgIpc) is 2.70. The summed E-state index contributed by atoms with van der Waals surface area (Å²) in [5.74, 6) is 0. The van der Waals surface area contributed by atoms with Crippen molar-refractivity contribution in [3.8, 4) is 0 Å². The molecule has 0 saturated heterocycles. The molecule has 2 atom stereocenters. The molecule has 1 aromatic rings. The lowest BCUT2D eigenvalue weighted by molar-refractivity contribution is 0.384. The highest BCUT2D eigenvalue weighted by Crippen LogP contribution is 2.32. The third-order valence-electron chi connectivity index (χ3n) is 3.45. The maximum absolute atomic E-state index is 11.4. The number of aromatic nitrogens is 3.